The molecular weight excluding hydrogens is 321 g/mol. The molecule has 0 amide bonds. The van der Waals surface area contributed by atoms with E-state index < -0.39 is 17.5 Å². The van der Waals surface area contributed by atoms with Crippen LogP contribution in [-0.2, 0) is 10.3 Å². The van der Waals surface area contributed by atoms with Gasteiger partial charge in [0.25, 0.3) is 0 Å². The zero-order valence-corrected chi connectivity index (χ0v) is 14.3. The number of aliphatic imine (C=N–C) groups is 1. The zero-order chi connectivity index (χ0) is 18.1. The summed E-state index contributed by atoms with van der Waals surface area (Å²) < 4.78 is 45.8. The van der Waals surface area contributed by atoms with Gasteiger partial charge in [0.15, 0.2) is 5.60 Å². The fourth-order valence-electron chi connectivity index (χ4n) is 2.66. The first-order chi connectivity index (χ1) is 11.1. The maximum absolute atomic E-state index is 13.6. The first kappa shape index (κ1) is 18.6. The molecule has 0 bridgehead atoms. The summed E-state index contributed by atoms with van der Waals surface area (Å²) in [5, 5.41) is 10.2. The van der Waals surface area contributed by atoms with Crippen molar-refractivity contribution in [2.24, 2.45) is 4.99 Å². The number of hydrogen-bond donors (Lipinski definition) is 1. The van der Waals surface area contributed by atoms with Gasteiger partial charge in [-0.05, 0) is 45.2 Å². The fraction of sp³-hybridized carbons (Fsp3) is 0.588. The van der Waals surface area contributed by atoms with Crippen LogP contribution in [0.4, 0.5) is 18.9 Å². The molecule has 0 aliphatic carbocycles. The molecule has 7 heteroatoms. The number of phenols is 1. The number of phenolic OH excluding ortho intramolecular Hbond substituents is 1. The van der Waals surface area contributed by atoms with Crippen LogP contribution in [0.5, 0.6) is 5.75 Å². The predicted octanol–water partition coefficient (Wildman–Crippen LogP) is 4.27. The summed E-state index contributed by atoms with van der Waals surface area (Å²) in [6.07, 6.45) is -2.88. The van der Waals surface area contributed by atoms with Crippen molar-refractivity contribution in [3.63, 3.8) is 0 Å². The molecule has 1 atom stereocenters. The van der Waals surface area contributed by atoms with Crippen LogP contribution in [0.1, 0.15) is 37.8 Å². The van der Waals surface area contributed by atoms with E-state index in [2.05, 4.69) is 4.99 Å². The number of alkyl halides is 3. The van der Waals surface area contributed by atoms with Gasteiger partial charge in [0, 0.05) is 31.3 Å². The van der Waals surface area contributed by atoms with Crippen molar-refractivity contribution in [2.45, 2.75) is 51.4 Å². The van der Waals surface area contributed by atoms with Gasteiger partial charge in [-0.2, -0.15) is 13.2 Å². The summed E-state index contributed by atoms with van der Waals surface area (Å²) in [6, 6.07) is 2.84. The van der Waals surface area contributed by atoms with Gasteiger partial charge in [0.2, 0.25) is 0 Å². The highest BCUT2D eigenvalue weighted by Crippen LogP contribution is 2.52. The number of aryl methyl sites for hydroxylation is 1. The second kappa shape index (κ2) is 6.63. The molecule has 1 unspecified atom stereocenters. The molecular formula is C17H23F3N2O2. The zero-order valence-electron chi connectivity index (χ0n) is 14.3. The minimum absolute atomic E-state index is 0.0249. The Hall–Kier alpha value is -1.76. The number of rotatable bonds is 4. The quantitative estimate of drug-likeness (QED) is 0.655. The molecule has 0 saturated carbocycles. The van der Waals surface area contributed by atoms with Crippen molar-refractivity contribution in [3.05, 3.63) is 23.3 Å². The van der Waals surface area contributed by atoms with Crippen molar-refractivity contribution in [3.8, 4) is 5.75 Å². The van der Waals surface area contributed by atoms with Gasteiger partial charge in [-0.1, -0.05) is 0 Å². The van der Waals surface area contributed by atoms with E-state index in [1.807, 2.05) is 25.8 Å². The van der Waals surface area contributed by atoms with E-state index in [4.69, 9.17) is 4.74 Å². The highest BCUT2D eigenvalue weighted by atomic mass is 19.4. The van der Waals surface area contributed by atoms with Gasteiger partial charge in [0.05, 0.1) is 12.0 Å². The first-order valence-electron chi connectivity index (χ1n) is 7.89. The van der Waals surface area contributed by atoms with Crippen LogP contribution in [0.15, 0.2) is 17.1 Å². The minimum atomic E-state index is -4.59. The Morgan fingerprint density at radius 2 is 2.04 bits per heavy atom. The number of hydrogen-bond acceptors (Lipinski definition) is 3. The largest absolute Gasteiger partial charge is 0.507 e. The van der Waals surface area contributed by atoms with Crippen molar-refractivity contribution < 1.29 is 23.0 Å². The van der Waals surface area contributed by atoms with Crippen LogP contribution in [0.3, 0.4) is 0 Å². The highest BCUT2D eigenvalue weighted by Gasteiger charge is 2.60. The summed E-state index contributed by atoms with van der Waals surface area (Å²) in [4.78, 5) is 6.12. The van der Waals surface area contributed by atoms with Gasteiger partial charge in [-0.15, -0.1) is 0 Å². The van der Waals surface area contributed by atoms with Crippen molar-refractivity contribution in [1.82, 2.24) is 4.90 Å². The van der Waals surface area contributed by atoms with Gasteiger partial charge in [-0.3, -0.25) is 0 Å². The number of benzene rings is 1. The van der Waals surface area contributed by atoms with E-state index in [9.17, 15) is 18.3 Å². The lowest BCUT2D eigenvalue weighted by Crippen LogP contribution is -2.41. The molecule has 0 aromatic heterocycles. The monoisotopic (exact) mass is 344 g/mol. The van der Waals surface area contributed by atoms with E-state index in [1.54, 1.807) is 13.3 Å². The predicted molar refractivity (Wildman–Crippen MR) is 86.8 cm³/mol. The third kappa shape index (κ3) is 3.36. The lowest BCUT2D eigenvalue weighted by molar-refractivity contribution is -0.269. The topological polar surface area (TPSA) is 45.1 Å². The van der Waals surface area contributed by atoms with E-state index >= 15 is 0 Å². The lowest BCUT2D eigenvalue weighted by atomic mass is 9.88. The Balaban J connectivity index is 2.43. The molecule has 1 aliphatic rings. The van der Waals surface area contributed by atoms with Gasteiger partial charge in [-0.25, -0.2) is 4.99 Å². The molecule has 1 heterocycles. The second-order valence-electron chi connectivity index (χ2n) is 6.44. The molecule has 24 heavy (non-hydrogen) atoms. The molecule has 1 saturated heterocycles. The summed E-state index contributed by atoms with van der Waals surface area (Å²) >= 11 is 0. The van der Waals surface area contributed by atoms with E-state index in [1.165, 1.54) is 12.1 Å². The Labute approximate surface area is 139 Å². The molecule has 1 aromatic rings. The first-order valence-corrected chi connectivity index (χ1v) is 7.89. The van der Waals surface area contributed by atoms with Crippen molar-refractivity contribution >= 4 is 12.0 Å². The summed E-state index contributed by atoms with van der Waals surface area (Å²) in [7, 11) is 1.85. The average Bonchev–Trinajstić information content (AvgIpc) is 2.97. The number of ether oxygens (including phenoxy) is 1. The molecule has 1 N–H and O–H groups in total. The van der Waals surface area contributed by atoms with Crippen LogP contribution < -0.4 is 0 Å². The summed E-state index contributed by atoms with van der Waals surface area (Å²) in [5.74, 6) is -0.445. The number of nitrogens with zero attached hydrogens (tertiary/aromatic N) is 2. The summed E-state index contributed by atoms with van der Waals surface area (Å²) in [6.45, 7) is 5.68. The molecule has 1 fully saturated rings. The third-order valence-corrected chi connectivity index (χ3v) is 4.42. The molecule has 4 nitrogen and oxygen atoms in total. The van der Waals surface area contributed by atoms with E-state index in [-0.39, 0.29) is 24.6 Å². The molecule has 2 rings (SSSR count). The molecule has 134 valence electrons. The van der Waals surface area contributed by atoms with Crippen molar-refractivity contribution in [1.29, 1.82) is 0 Å². The Morgan fingerprint density at radius 1 is 1.38 bits per heavy atom. The Bertz CT molecular complexity index is 621. The standard InChI is InChI=1S/C17H23F3N2O2/c1-11(2)22(4)10-21-14-9-15(23)13(8-12(14)3)16(17(18,19)20)6-5-7-24-16/h8-11,23H,5-7H2,1-4H3/b21-10-. The van der Waals surface area contributed by atoms with Gasteiger partial charge >= 0.3 is 6.18 Å². The van der Waals surface area contributed by atoms with Gasteiger partial charge in [0.1, 0.15) is 5.75 Å². The Kier molecular flexibility index (Phi) is 5.13. The third-order valence-electron chi connectivity index (χ3n) is 4.42. The maximum Gasteiger partial charge on any atom is 0.421 e. The van der Waals surface area contributed by atoms with Crippen LogP contribution in [-0.4, -0.2) is 42.2 Å². The normalized spacial score (nSPS) is 21.8. The number of halogens is 3. The smallest absolute Gasteiger partial charge is 0.421 e. The van der Waals surface area contributed by atoms with Crippen LogP contribution in [0, 0.1) is 6.92 Å². The SMILES string of the molecule is Cc1cc(C2(C(F)(F)F)CCCO2)c(O)cc1/N=C\N(C)C(C)C. The highest BCUT2D eigenvalue weighted by molar-refractivity contribution is 5.65. The van der Waals surface area contributed by atoms with Crippen LogP contribution >= 0.6 is 0 Å². The molecule has 0 spiro atoms. The minimum Gasteiger partial charge on any atom is -0.507 e. The van der Waals surface area contributed by atoms with E-state index in [0.717, 1.165) is 0 Å². The number of aromatic hydroxyl groups is 1. The van der Waals surface area contributed by atoms with Crippen molar-refractivity contribution in [2.75, 3.05) is 13.7 Å². The second-order valence-corrected chi connectivity index (χ2v) is 6.44. The molecule has 0 radical (unpaired) electrons. The average molecular weight is 344 g/mol. The maximum atomic E-state index is 13.6. The van der Waals surface area contributed by atoms with Crippen LogP contribution in [0.25, 0.3) is 0 Å². The van der Waals surface area contributed by atoms with Gasteiger partial charge < -0.3 is 14.7 Å². The van der Waals surface area contributed by atoms with Crippen LogP contribution in [0.2, 0.25) is 0 Å². The van der Waals surface area contributed by atoms with E-state index in [0.29, 0.717) is 17.7 Å². The lowest BCUT2D eigenvalue weighted by Gasteiger charge is -2.32. The molecule has 1 aliphatic heterocycles. The fourth-order valence-corrected chi connectivity index (χ4v) is 2.66. The summed E-state index contributed by atoms with van der Waals surface area (Å²) in [5.41, 5.74) is -1.69. The molecule has 1 aromatic carbocycles. The Morgan fingerprint density at radius 3 is 2.54 bits per heavy atom.